The van der Waals surface area contributed by atoms with Crippen LogP contribution in [0.2, 0.25) is 0 Å². The summed E-state index contributed by atoms with van der Waals surface area (Å²) in [4.78, 5) is 31.4. The molecule has 1 fully saturated rings. The molecule has 3 rings (SSSR count). The van der Waals surface area contributed by atoms with Crippen LogP contribution in [0.15, 0.2) is 36.5 Å². The van der Waals surface area contributed by atoms with Crippen LogP contribution in [0.4, 0.5) is 10.7 Å². The molecule has 0 bridgehead atoms. The Balaban J connectivity index is 1.75. The van der Waals surface area contributed by atoms with Gasteiger partial charge >= 0.3 is 6.09 Å². The fourth-order valence-corrected chi connectivity index (χ4v) is 3.63. The standard InChI is InChI=1S/C20H26N4O3/c1-3-7-16-10-18(25)23(12-16)14-17-11-21-19(22(17)2)24(20(26)27)13-15-8-5-4-6-9-15/h4-6,8-9,11,16H,3,7,10,12-14H2,1-2H3,(H,26,27). The van der Waals surface area contributed by atoms with Crippen LogP contribution in [0.3, 0.4) is 0 Å². The van der Waals surface area contributed by atoms with E-state index in [0.29, 0.717) is 24.8 Å². The first-order valence-electron chi connectivity index (χ1n) is 9.32. The third kappa shape index (κ3) is 4.30. The molecule has 2 amide bonds. The van der Waals surface area contributed by atoms with Gasteiger partial charge in [0.05, 0.1) is 25.0 Å². The second-order valence-electron chi connectivity index (χ2n) is 7.10. The van der Waals surface area contributed by atoms with Gasteiger partial charge in [-0.25, -0.2) is 14.7 Å². The van der Waals surface area contributed by atoms with Crippen molar-refractivity contribution in [2.75, 3.05) is 11.4 Å². The van der Waals surface area contributed by atoms with Crippen molar-refractivity contribution in [2.24, 2.45) is 13.0 Å². The second kappa shape index (κ2) is 8.24. The summed E-state index contributed by atoms with van der Waals surface area (Å²) in [7, 11) is 1.79. The van der Waals surface area contributed by atoms with Gasteiger partial charge in [0.2, 0.25) is 11.9 Å². The lowest BCUT2D eigenvalue weighted by atomic mass is 10.0. The maximum atomic E-state index is 12.3. The summed E-state index contributed by atoms with van der Waals surface area (Å²) in [6.07, 6.45) is 3.35. The van der Waals surface area contributed by atoms with Crippen molar-refractivity contribution in [1.82, 2.24) is 14.5 Å². The van der Waals surface area contributed by atoms with Crippen LogP contribution in [0, 0.1) is 5.92 Å². The molecule has 2 aromatic rings. The molecule has 0 aliphatic carbocycles. The predicted octanol–water partition coefficient (Wildman–Crippen LogP) is 3.25. The molecule has 0 radical (unpaired) electrons. The molecule has 0 saturated carbocycles. The van der Waals surface area contributed by atoms with Gasteiger partial charge in [-0.1, -0.05) is 43.7 Å². The predicted molar refractivity (Wildman–Crippen MR) is 102 cm³/mol. The molecule has 2 heterocycles. The van der Waals surface area contributed by atoms with Crippen LogP contribution in [0.25, 0.3) is 0 Å². The molecular formula is C20H26N4O3. The van der Waals surface area contributed by atoms with Gasteiger partial charge in [0.15, 0.2) is 0 Å². The Morgan fingerprint density at radius 3 is 2.74 bits per heavy atom. The smallest absolute Gasteiger partial charge is 0.414 e. The number of hydrogen-bond donors (Lipinski definition) is 1. The first kappa shape index (κ1) is 18.9. The highest BCUT2D eigenvalue weighted by Crippen LogP contribution is 2.25. The molecule has 1 saturated heterocycles. The van der Waals surface area contributed by atoms with Gasteiger partial charge in [0.1, 0.15) is 0 Å². The van der Waals surface area contributed by atoms with Gasteiger partial charge in [-0.2, -0.15) is 0 Å². The third-order valence-corrected chi connectivity index (χ3v) is 5.06. The van der Waals surface area contributed by atoms with E-state index in [1.54, 1.807) is 17.8 Å². The zero-order valence-corrected chi connectivity index (χ0v) is 15.8. The van der Waals surface area contributed by atoms with Crippen molar-refractivity contribution in [2.45, 2.75) is 39.3 Å². The van der Waals surface area contributed by atoms with E-state index in [1.165, 1.54) is 4.90 Å². The normalized spacial score (nSPS) is 16.7. The van der Waals surface area contributed by atoms with Crippen molar-refractivity contribution in [3.05, 3.63) is 47.8 Å². The van der Waals surface area contributed by atoms with Gasteiger partial charge in [-0.15, -0.1) is 0 Å². The quantitative estimate of drug-likeness (QED) is 0.811. The first-order chi connectivity index (χ1) is 13.0. The number of carboxylic acid groups (broad SMARTS) is 1. The molecule has 1 unspecified atom stereocenters. The van der Waals surface area contributed by atoms with E-state index in [4.69, 9.17) is 0 Å². The molecule has 1 aliphatic heterocycles. The highest BCUT2D eigenvalue weighted by atomic mass is 16.4. The van der Waals surface area contributed by atoms with E-state index < -0.39 is 6.09 Å². The molecule has 144 valence electrons. The number of anilines is 1. The number of amides is 2. The van der Waals surface area contributed by atoms with Gasteiger partial charge in [-0.3, -0.25) is 4.79 Å². The largest absolute Gasteiger partial charge is 0.465 e. The number of rotatable bonds is 7. The summed E-state index contributed by atoms with van der Waals surface area (Å²) in [5, 5.41) is 9.65. The number of hydrogen-bond acceptors (Lipinski definition) is 3. The van der Waals surface area contributed by atoms with E-state index >= 15 is 0 Å². The van der Waals surface area contributed by atoms with Crippen LogP contribution in [-0.4, -0.2) is 38.1 Å². The number of carbonyl (C=O) groups excluding carboxylic acids is 1. The Bertz CT molecular complexity index is 803. The topological polar surface area (TPSA) is 78.7 Å². The molecule has 7 heteroatoms. The Kier molecular flexibility index (Phi) is 5.78. The van der Waals surface area contributed by atoms with Gasteiger partial charge in [0, 0.05) is 20.0 Å². The molecule has 1 aromatic heterocycles. The van der Waals surface area contributed by atoms with Crippen molar-refractivity contribution in [3.8, 4) is 0 Å². The molecular weight excluding hydrogens is 344 g/mol. The van der Waals surface area contributed by atoms with Crippen molar-refractivity contribution in [1.29, 1.82) is 0 Å². The van der Waals surface area contributed by atoms with Crippen LogP contribution in [-0.2, 0) is 24.9 Å². The molecule has 1 aliphatic rings. The number of carbonyl (C=O) groups is 2. The van der Waals surface area contributed by atoms with Gasteiger partial charge in [-0.05, 0) is 17.9 Å². The van der Waals surface area contributed by atoms with Crippen LogP contribution < -0.4 is 4.90 Å². The summed E-state index contributed by atoms with van der Waals surface area (Å²) >= 11 is 0. The molecule has 7 nitrogen and oxygen atoms in total. The summed E-state index contributed by atoms with van der Waals surface area (Å²) in [5.74, 6) is 0.942. The number of aromatic nitrogens is 2. The zero-order valence-electron chi connectivity index (χ0n) is 15.8. The lowest BCUT2D eigenvalue weighted by Crippen LogP contribution is -2.31. The third-order valence-electron chi connectivity index (χ3n) is 5.06. The minimum atomic E-state index is -1.06. The molecule has 1 aromatic carbocycles. The maximum absolute atomic E-state index is 12.3. The average molecular weight is 370 g/mol. The molecule has 0 spiro atoms. The highest BCUT2D eigenvalue weighted by Gasteiger charge is 2.30. The van der Waals surface area contributed by atoms with Gasteiger partial charge < -0.3 is 14.6 Å². The Labute approximate surface area is 159 Å². The van der Waals surface area contributed by atoms with Crippen molar-refractivity contribution < 1.29 is 14.7 Å². The van der Waals surface area contributed by atoms with Gasteiger partial charge in [0.25, 0.3) is 0 Å². The van der Waals surface area contributed by atoms with E-state index in [-0.39, 0.29) is 12.5 Å². The summed E-state index contributed by atoms with van der Waals surface area (Å²) in [6, 6.07) is 9.43. The zero-order chi connectivity index (χ0) is 19.4. The molecule has 1 atom stereocenters. The Morgan fingerprint density at radius 2 is 2.07 bits per heavy atom. The highest BCUT2D eigenvalue weighted by molar-refractivity contribution is 5.83. The Morgan fingerprint density at radius 1 is 1.33 bits per heavy atom. The number of benzene rings is 1. The van der Waals surface area contributed by atoms with E-state index in [9.17, 15) is 14.7 Å². The Hall–Kier alpha value is -2.83. The van der Waals surface area contributed by atoms with Crippen LogP contribution >= 0.6 is 0 Å². The lowest BCUT2D eigenvalue weighted by molar-refractivity contribution is -0.128. The lowest BCUT2D eigenvalue weighted by Gasteiger charge is -2.20. The van der Waals surface area contributed by atoms with Crippen molar-refractivity contribution >= 4 is 17.9 Å². The first-order valence-corrected chi connectivity index (χ1v) is 9.32. The summed E-state index contributed by atoms with van der Waals surface area (Å²) in [5.41, 5.74) is 1.72. The molecule has 27 heavy (non-hydrogen) atoms. The monoisotopic (exact) mass is 370 g/mol. The summed E-state index contributed by atoms with van der Waals surface area (Å²) in [6.45, 7) is 3.58. The van der Waals surface area contributed by atoms with Crippen LogP contribution in [0.5, 0.6) is 0 Å². The minimum Gasteiger partial charge on any atom is -0.465 e. The SMILES string of the molecule is CCCC1CC(=O)N(Cc2cnc(N(Cc3ccccc3)C(=O)O)n2C)C1. The van der Waals surface area contributed by atoms with Crippen LogP contribution in [0.1, 0.15) is 37.4 Å². The fourth-order valence-electron chi connectivity index (χ4n) is 3.63. The molecule has 1 N–H and O–H groups in total. The number of likely N-dealkylation sites (tertiary alicyclic amines) is 1. The summed E-state index contributed by atoms with van der Waals surface area (Å²) < 4.78 is 1.76. The minimum absolute atomic E-state index is 0.163. The van der Waals surface area contributed by atoms with E-state index in [0.717, 1.165) is 30.6 Å². The maximum Gasteiger partial charge on any atom is 0.414 e. The fraction of sp³-hybridized carbons (Fsp3) is 0.450. The average Bonchev–Trinajstić information content (AvgIpc) is 3.17. The number of imidazole rings is 1. The number of nitrogens with zero attached hydrogens (tertiary/aromatic N) is 4. The van der Waals surface area contributed by atoms with E-state index in [1.807, 2.05) is 35.2 Å². The second-order valence-corrected chi connectivity index (χ2v) is 7.10. The van der Waals surface area contributed by atoms with E-state index in [2.05, 4.69) is 11.9 Å². The van der Waals surface area contributed by atoms with Crippen molar-refractivity contribution in [3.63, 3.8) is 0 Å².